The topological polar surface area (TPSA) is 25.8 Å². The summed E-state index contributed by atoms with van der Waals surface area (Å²) >= 11 is 19.1. The second-order valence-corrected chi connectivity index (χ2v) is 5.79. The molecular formula is C9H7Cl3N2S. The van der Waals surface area contributed by atoms with Crippen molar-refractivity contribution in [2.75, 3.05) is 0 Å². The number of halogens is 3. The summed E-state index contributed by atoms with van der Waals surface area (Å²) in [6.45, 7) is 4.03. The van der Waals surface area contributed by atoms with Crippen LogP contribution in [0.4, 0.5) is 0 Å². The van der Waals surface area contributed by atoms with Gasteiger partial charge in [-0.15, -0.1) is 11.3 Å². The third-order valence-corrected chi connectivity index (χ3v) is 3.96. The van der Waals surface area contributed by atoms with Crippen molar-refractivity contribution in [3.8, 4) is 0 Å². The molecule has 0 fully saturated rings. The van der Waals surface area contributed by atoms with Gasteiger partial charge < -0.3 is 0 Å². The summed E-state index contributed by atoms with van der Waals surface area (Å²) in [6.07, 6.45) is 0. The molecule has 2 nitrogen and oxygen atoms in total. The Bertz CT molecular complexity index is 522. The van der Waals surface area contributed by atoms with Crippen LogP contribution in [0.3, 0.4) is 0 Å². The summed E-state index contributed by atoms with van der Waals surface area (Å²) in [5.74, 6) is 0.358. The van der Waals surface area contributed by atoms with Crippen LogP contribution in [0.25, 0.3) is 10.2 Å². The van der Waals surface area contributed by atoms with Crippen molar-refractivity contribution >= 4 is 56.4 Å². The van der Waals surface area contributed by atoms with Gasteiger partial charge in [-0.2, -0.15) is 0 Å². The van der Waals surface area contributed by atoms with Gasteiger partial charge in [-0.05, 0) is 19.4 Å². The van der Waals surface area contributed by atoms with Crippen LogP contribution in [-0.4, -0.2) is 9.97 Å². The van der Waals surface area contributed by atoms with Gasteiger partial charge in [0.25, 0.3) is 0 Å². The lowest BCUT2D eigenvalue weighted by Crippen LogP contribution is -1.94. The van der Waals surface area contributed by atoms with Crippen LogP contribution in [0.15, 0.2) is 0 Å². The van der Waals surface area contributed by atoms with E-state index < -0.39 is 4.84 Å². The van der Waals surface area contributed by atoms with E-state index in [2.05, 4.69) is 9.97 Å². The number of alkyl halides is 2. The van der Waals surface area contributed by atoms with Crippen molar-refractivity contribution < 1.29 is 0 Å². The highest BCUT2D eigenvalue weighted by Crippen LogP contribution is 2.34. The predicted molar refractivity (Wildman–Crippen MR) is 66.3 cm³/mol. The molecule has 2 aromatic heterocycles. The number of hydrogen-bond donors (Lipinski definition) is 0. The van der Waals surface area contributed by atoms with Crippen molar-refractivity contribution in [1.82, 2.24) is 9.97 Å². The maximum Gasteiger partial charge on any atom is 0.167 e. The predicted octanol–water partition coefficient (Wildman–Crippen LogP) is 4.44. The quantitative estimate of drug-likeness (QED) is 0.570. The molecule has 6 heteroatoms. The number of aryl methyl sites for hydroxylation is 2. The van der Waals surface area contributed by atoms with Crippen molar-refractivity contribution in [2.24, 2.45) is 0 Å². The fourth-order valence-corrected chi connectivity index (χ4v) is 2.92. The maximum absolute atomic E-state index is 6.06. The van der Waals surface area contributed by atoms with Crippen molar-refractivity contribution in [3.05, 3.63) is 21.4 Å². The highest BCUT2D eigenvalue weighted by atomic mass is 35.5. The summed E-state index contributed by atoms with van der Waals surface area (Å²) in [4.78, 5) is 9.63. The molecule has 15 heavy (non-hydrogen) atoms. The summed E-state index contributed by atoms with van der Waals surface area (Å²) in [6, 6.07) is 0. The Kier molecular flexibility index (Phi) is 3.08. The highest BCUT2D eigenvalue weighted by Gasteiger charge is 2.15. The van der Waals surface area contributed by atoms with Crippen LogP contribution in [0, 0.1) is 13.8 Å². The molecule has 2 heterocycles. The Morgan fingerprint density at radius 3 is 2.47 bits per heavy atom. The smallest absolute Gasteiger partial charge is 0.167 e. The molecule has 0 amide bonds. The second-order valence-electron chi connectivity index (χ2n) is 3.14. The Labute approximate surface area is 106 Å². The molecular weight excluding hydrogens is 275 g/mol. The van der Waals surface area contributed by atoms with Crippen molar-refractivity contribution in [1.29, 1.82) is 0 Å². The normalized spacial score (nSPS) is 11.6. The molecule has 0 aliphatic heterocycles. The lowest BCUT2D eigenvalue weighted by Gasteiger charge is -2.01. The first kappa shape index (κ1) is 11.4. The van der Waals surface area contributed by atoms with Crippen molar-refractivity contribution in [2.45, 2.75) is 18.7 Å². The molecule has 0 radical (unpaired) electrons. The number of fused-ring (bicyclic) bond motifs is 1. The second kappa shape index (κ2) is 4.06. The van der Waals surface area contributed by atoms with Gasteiger partial charge in [0.05, 0.1) is 5.39 Å². The zero-order valence-corrected chi connectivity index (χ0v) is 11.1. The van der Waals surface area contributed by atoms with Crippen LogP contribution in [0.5, 0.6) is 0 Å². The summed E-state index contributed by atoms with van der Waals surface area (Å²) in [7, 11) is 0. The number of rotatable bonds is 1. The fraction of sp³-hybridized carbons (Fsp3) is 0.333. The van der Waals surface area contributed by atoms with E-state index in [4.69, 9.17) is 34.8 Å². The van der Waals surface area contributed by atoms with Gasteiger partial charge in [0.1, 0.15) is 9.98 Å². The Morgan fingerprint density at radius 2 is 1.87 bits per heavy atom. The van der Waals surface area contributed by atoms with Gasteiger partial charge in [0, 0.05) is 4.88 Å². The summed E-state index contributed by atoms with van der Waals surface area (Å²) in [5.41, 5.74) is 1.12. The van der Waals surface area contributed by atoms with Crippen LogP contribution < -0.4 is 0 Å². The highest BCUT2D eigenvalue weighted by molar-refractivity contribution is 7.18. The van der Waals surface area contributed by atoms with Gasteiger partial charge in [0.15, 0.2) is 10.7 Å². The number of hydrogen-bond acceptors (Lipinski definition) is 3. The third-order valence-electron chi connectivity index (χ3n) is 2.20. The summed E-state index contributed by atoms with van der Waals surface area (Å²) < 4.78 is 0. The average Bonchev–Trinajstić information content (AvgIpc) is 2.42. The first-order valence-electron chi connectivity index (χ1n) is 4.22. The molecule has 0 aliphatic carbocycles. The number of thiophene rings is 1. The Hall–Kier alpha value is -0.0900. The molecule has 0 spiro atoms. The largest absolute Gasteiger partial charge is 0.219 e. The molecule has 0 N–H and O–H groups in total. The number of nitrogens with zero attached hydrogens (tertiary/aromatic N) is 2. The first-order valence-corrected chi connectivity index (χ1v) is 6.28. The van der Waals surface area contributed by atoms with E-state index in [-0.39, 0.29) is 0 Å². The minimum Gasteiger partial charge on any atom is -0.219 e. The SMILES string of the molecule is Cc1sc2nc(C(Cl)Cl)nc(Cl)c2c1C. The monoisotopic (exact) mass is 280 g/mol. The minimum atomic E-state index is -0.741. The molecule has 0 aliphatic rings. The molecule has 0 aromatic carbocycles. The zero-order chi connectivity index (χ0) is 11.2. The van der Waals surface area contributed by atoms with Crippen LogP contribution in [0.2, 0.25) is 5.15 Å². The van der Waals surface area contributed by atoms with Crippen LogP contribution >= 0.6 is 46.1 Å². The molecule has 0 atom stereocenters. The van der Waals surface area contributed by atoms with Gasteiger partial charge in [-0.1, -0.05) is 34.8 Å². The van der Waals surface area contributed by atoms with E-state index in [9.17, 15) is 0 Å². The van der Waals surface area contributed by atoms with Gasteiger partial charge in [-0.3, -0.25) is 0 Å². The molecule has 0 saturated heterocycles. The standard InChI is InChI=1S/C9H7Cl3N2S/c1-3-4(2)15-9-5(3)7(12)13-8(14-9)6(10)11/h6H,1-2H3. The molecule has 80 valence electrons. The van der Waals surface area contributed by atoms with E-state index in [0.717, 1.165) is 15.8 Å². The Balaban J connectivity index is 2.78. The molecule has 0 bridgehead atoms. The van der Waals surface area contributed by atoms with Crippen LogP contribution in [-0.2, 0) is 0 Å². The lowest BCUT2D eigenvalue weighted by molar-refractivity contribution is 1.05. The number of aromatic nitrogens is 2. The molecule has 2 rings (SSSR count). The fourth-order valence-electron chi connectivity index (χ4n) is 1.31. The van der Waals surface area contributed by atoms with Gasteiger partial charge in [-0.25, -0.2) is 9.97 Å². The first-order chi connectivity index (χ1) is 7.00. The van der Waals surface area contributed by atoms with E-state index >= 15 is 0 Å². The summed E-state index contributed by atoms with van der Waals surface area (Å²) in [5, 5.41) is 1.32. The average molecular weight is 282 g/mol. The Morgan fingerprint density at radius 1 is 1.20 bits per heavy atom. The van der Waals surface area contributed by atoms with Crippen LogP contribution in [0.1, 0.15) is 21.1 Å². The van der Waals surface area contributed by atoms with Gasteiger partial charge in [0.2, 0.25) is 0 Å². The third kappa shape index (κ3) is 1.94. The lowest BCUT2D eigenvalue weighted by atomic mass is 10.2. The van der Waals surface area contributed by atoms with E-state index in [1.807, 2.05) is 13.8 Å². The van der Waals surface area contributed by atoms with E-state index in [1.165, 1.54) is 4.88 Å². The van der Waals surface area contributed by atoms with E-state index in [1.54, 1.807) is 11.3 Å². The van der Waals surface area contributed by atoms with Gasteiger partial charge >= 0.3 is 0 Å². The van der Waals surface area contributed by atoms with E-state index in [0.29, 0.717) is 11.0 Å². The maximum atomic E-state index is 6.06. The molecule has 0 saturated carbocycles. The molecule has 0 unspecified atom stereocenters. The minimum absolute atomic E-state index is 0.358. The van der Waals surface area contributed by atoms with Crippen molar-refractivity contribution in [3.63, 3.8) is 0 Å². The molecule has 2 aromatic rings. The zero-order valence-electron chi connectivity index (χ0n) is 8.01.